The molecule has 0 spiro atoms. The molecular weight excluding hydrogens is 276 g/mol. The molecular formula is C13H15N4O2S+. The second-order valence-corrected chi connectivity index (χ2v) is 5.48. The number of thiazole rings is 1. The number of amides is 1. The maximum atomic E-state index is 12.2. The summed E-state index contributed by atoms with van der Waals surface area (Å²) in [6.45, 7) is 4.01. The maximum absolute atomic E-state index is 12.2. The number of aromatic nitrogens is 1. The van der Waals surface area contributed by atoms with Crippen LogP contribution in [0, 0.1) is 4.91 Å². The summed E-state index contributed by atoms with van der Waals surface area (Å²) in [4.78, 5) is 25.4. The van der Waals surface area contributed by atoms with E-state index in [0.717, 1.165) is 17.0 Å². The SMILES string of the molecule is CC(C)Nc1ccccc1C(=O)Nc1[nH+]cc(N=O)s1. The lowest BCUT2D eigenvalue weighted by molar-refractivity contribution is -0.353. The Labute approximate surface area is 120 Å². The number of nitrogens with one attached hydrogen (secondary N) is 3. The molecule has 1 heterocycles. The first-order chi connectivity index (χ1) is 9.60. The van der Waals surface area contributed by atoms with Crippen LogP contribution in [0.1, 0.15) is 24.2 Å². The van der Waals surface area contributed by atoms with Gasteiger partial charge in [-0.25, -0.2) is 9.78 Å². The number of hydrogen-bond acceptors (Lipinski definition) is 5. The summed E-state index contributed by atoms with van der Waals surface area (Å²) in [5, 5.41) is 9.50. The molecule has 2 rings (SSSR count). The molecule has 1 aromatic heterocycles. The number of carbonyl (C=O) groups excluding carboxylic acids is 1. The number of hydrogen-bond donors (Lipinski definition) is 2. The number of nitroso groups, excluding NO2 is 1. The molecule has 0 aliphatic carbocycles. The van der Waals surface area contributed by atoms with Gasteiger partial charge in [0.25, 0.3) is 0 Å². The van der Waals surface area contributed by atoms with Crippen LogP contribution >= 0.6 is 11.3 Å². The van der Waals surface area contributed by atoms with Crippen LogP contribution < -0.4 is 15.6 Å². The largest absolute Gasteiger partial charge is 0.382 e. The van der Waals surface area contributed by atoms with Crippen molar-refractivity contribution in [3.8, 4) is 0 Å². The van der Waals surface area contributed by atoms with Crippen LogP contribution in [0.2, 0.25) is 0 Å². The summed E-state index contributed by atoms with van der Waals surface area (Å²) < 4.78 is 0. The van der Waals surface area contributed by atoms with Gasteiger partial charge >= 0.3 is 11.0 Å². The fourth-order valence-electron chi connectivity index (χ4n) is 1.69. The highest BCUT2D eigenvalue weighted by Crippen LogP contribution is 2.23. The molecule has 2 aromatic rings. The normalized spacial score (nSPS) is 10.3. The van der Waals surface area contributed by atoms with Crippen molar-refractivity contribution in [2.24, 2.45) is 5.18 Å². The number of benzene rings is 1. The topological polar surface area (TPSA) is 84.7 Å². The molecule has 104 valence electrons. The Kier molecular flexibility index (Phi) is 4.41. The minimum atomic E-state index is -0.246. The van der Waals surface area contributed by atoms with Crippen LogP contribution in [0.15, 0.2) is 35.6 Å². The molecule has 0 aliphatic heterocycles. The second kappa shape index (κ2) is 6.25. The molecule has 20 heavy (non-hydrogen) atoms. The van der Waals surface area contributed by atoms with Crippen molar-refractivity contribution < 1.29 is 9.78 Å². The van der Waals surface area contributed by atoms with Crippen molar-refractivity contribution in [3.63, 3.8) is 0 Å². The van der Waals surface area contributed by atoms with Crippen molar-refractivity contribution in [1.82, 2.24) is 0 Å². The van der Waals surface area contributed by atoms with Crippen molar-refractivity contribution in [3.05, 3.63) is 40.9 Å². The quantitative estimate of drug-likeness (QED) is 0.830. The standard InChI is InChI=1S/C13H14N4O2S/c1-8(2)15-10-6-4-3-5-9(10)12(18)16-13-14-7-11(17-19)20-13/h3-8,15H,1-2H3,(H,14,16,18)/p+1. The zero-order chi connectivity index (χ0) is 14.5. The molecule has 0 bridgehead atoms. The average Bonchev–Trinajstić information content (AvgIpc) is 2.86. The van der Waals surface area contributed by atoms with E-state index in [1.54, 1.807) is 12.1 Å². The first-order valence-corrected chi connectivity index (χ1v) is 6.93. The Morgan fingerprint density at radius 1 is 1.35 bits per heavy atom. The van der Waals surface area contributed by atoms with Gasteiger partial charge in [0.2, 0.25) is 5.00 Å². The van der Waals surface area contributed by atoms with Gasteiger partial charge in [-0.3, -0.25) is 0 Å². The van der Waals surface area contributed by atoms with Crippen molar-refractivity contribution in [2.75, 3.05) is 10.6 Å². The average molecular weight is 291 g/mol. The van der Waals surface area contributed by atoms with Crippen molar-refractivity contribution in [2.45, 2.75) is 19.9 Å². The summed E-state index contributed by atoms with van der Waals surface area (Å²) in [5.41, 5.74) is 1.31. The van der Waals surface area contributed by atoms with E-state index >= 15 is 0 Å². The summed E-state index contributed by atoms with van der Waals surface area (Å²) in [6, 6.07) is 7.49. The van der Waals surface area contributed by atoms with Crippen LogP contribution in [0.4, 0.5) is 15.8 Å². The zero-order valence-corrected chi connectivity index (χ0v) is 12.0. The van der Waals surface area contributed by atoms with Crippen LogP contribution in [0.3, 0.4) is 0 Å². The minimum Gasteiger partial charge on any atom is -0.382 e. The number of carbonyl (C=O) groups is 1. The molecule has 0 aliphatic rings. The molecule has 0 fully saturated rings. The monoisotopic (exact) mass is 291 g/mol. The number of para-hydroxylation sites is 1. The number of anilines is 2. The minimum absolute atomic E-state index is 0.225. The summed E-state index contributed by atoms with van der Waals surface area (Å²) in [6.07, 6.45) is 1.45. The van der Waals surface area contributed by atoms with E-state index in [1.165, 1.54) is 6.20 Å². The van der Waals surface area contributed by atoms with Crippen molar-refractivity contribution in [1.29, 1.82) is 0 Å². The lowest BCUT2D eigenvalue weighted by Gasteiger charge is -2.12. The van der Waals surface area contributed by atoms with Crippen LogP contribution in [0.25, 0.3) is 0 Å². The smallest absolute Gasteiger partial charge is 0.341 e. The molecule has 7 heteroatoms. The molecule has 6 nitrogen and oxygen atoms in total. The first-order valence-electron chi connectivity index (χ1n) is 6.12. The van der Waals surface area contributed by atoms with E-state index < -0.39 is 0 Å². The predicted molar refractivity (Wildman–Crippen MR) is 79.5 cm³/mol. The lowest BCUT2D eigenvalue weighted by Crippen LogP contribution is -2.19. The molecule has 0 saturated carbocycles. The fraction of sp³-hybridized carbons (Fsp3) is 0.231. The van der Waals surface area contributed by atoms with Crippen LogP contribution in [0.5, 0.6) is 0 Å². The van der Waals surface area contributed by atoms with Gasteiger partial charge in [0.05, 0.1) is 5.56 Å². The maximum Gasteiger partial charge on any atom is 0.341 e. The second-order valence-electron chi connectivity index (χ2n) is 4.45. The molecule has 0 atom stereocenters. The van der Waals surface area contributed by atoms with Gasteiger partial charge in [0.15, 0.2) is 0 Å². The van der Waals surface area contributed by atoms with Gasteiger partial charge in [0, 0.05) is 11.7 Å². The summed E-state index contributed by atoms with van der Waals surface area (Å²) >= 11 is 1.09. The summed E-state index contributed by atoms with van der Waals surface area (Å²) in [5.74, 6) is -0.246. The van der Waals surface area contributed by atoms with E-state index in [4.69, 9.17) is 0 Å². The van der Waals surface area contributed by atoms with Crippen LogP contribution in [-0.2, 0) is 0 Å². The molecule has 3 N–H and O–H groups in total. The van der Waals surface area contributed by atoms with Gasteiger partial charge in [0.1, 0.15) is 6.20 Å². The summed E-state index contributed by atoms with van der Waals surface area (Å²) in [7, 11) is 0. The van der Waals surface area contributed by atoms with E-state index in [-0.39, 0.29) is 17.0 Å². The lowest BCUT2D eigenvalue weighted by atomic mass is 10.1. The molecule has 0 saturated heterocycles. The van der Waals surface area contributed by atoms with E-state index in [9.17, 15) is 9.70 Å². The van der Waals surface area contributed by atoms with E-state index in [1.807, 2.05) is 26.0 Å². The number of nitrogens with zero attached hydrogens (tertiary/aromatic N) is 1. The highest BCUT2D eigenvalue weighted by molar-refractivity contribution is 7.18. The van der Waals surface area contributed by atoms with E-state index in [0.29, 0.717) is 10.7 Å². The van der Waals surface area contributed by atoms with Crippen LogP contribution in [-0.4, -0.2) is 11.9 Å². The van der Waals surface area contributed by atoms with Gasteiger partial charge in [-0.05, 0) is 42.5 Å². The third kappa shape index (κ3) is 3.39. The third-order valence-corrected chi connectivity index (χ3v) is 3.29. The number of rotatable bonds is 5. The Bertz CT molecular complexity index is 624. The number of aromatic amines is 1. The third-order valence-electron chi connectivity index (χ3n) is 2.47. The Balaban J connectivity index is 2.18. The van der Waals surface area contributed by atoms with E-state index in [2.05, 4.69) is 20.8 Å². The highest BCUT2D eigenvalue weighted by Gasteiger charge is 2.18. The molecule has 0 radical (unpaired) electrons. The van der Waals surface area contributed by atoms with Gasteiger partial charge in [-0.1, -0.05) is 12.1 Å². The first kappa shape index (κ1) is 14.1. The molecule has 0 unspecified atom stereocenters. The zero-order valence-electron chi connectivity index (χ0n) is 11.1. The van der Waals surface area contributed by atoms with Gasteiger partial charge < -0.3 is 5.32 Å². The van der Waals surface area contributed by atoms with Gasteiger partial charge in [-0.15, -0.1) is 4.91 Å². The fourth-order valence-corrected chi connectivity index (χ4v) is 2.31. The Morgan fingerprint density at radius 3 is 2.75 bits per heavy atom. The van der Waals surface area contributed by atoms with Crippen molar-refractivity contribution >= 4 is 33.1 Å². The Hall–Kier alpha value is -2.28. The predicted octanol–water partition coefficient (Wildman–Crippen LogP) is 3.03. The molecule has 1 amide bonds. The highest BCUT2D eigenvalue weighted by atomic mass is 32.1. The Morgan fingerprint density at radius 2 is 2.10 bits per heavy atom. The van der Waals surface area contributed by atoms with Gasteiger partial charge in [-0.2, -0.15) is 5.32 Å². The molecule has 1 aromatic carbocycles. The number of H-pyrrole nitrogens is 1.